The van der Waals surface area contributed by atoms with Crippen molar-refractivity contribution >= 4 is 5.97 Å². The second-order valence-corrected chi connectivity index (χ2v) is 4.68. The van der Waals surface area contributed by atoms with E-state index in [2.05, 4.69) is 15.6 Å². The molecule has 118 valence electrons. The molecule has 2 aromatic rings. The van der Waals surface area contributed by atoms with Gasteiger partial charge in [0.2, 0.25) is 5.88 Å². The van der Waals surface area contributed by atoms with Crippen molar-refractivity contribution in [2.24, 2.45) is 0 Å². The average molecular weight is 317 g/mol. The molecule has 1 aromatic carbocycles. The van der Waals surface area contributed by atoms with Gasteiger partial charge in [0.15, 0.2) is 0 Å². The van der Waals surface area contributed by atoms with E-state index in [0.29, 0.717) is 12.7 Å². The van der Waals surface area contributed by atoms with Crippen LogP contribution in [0.4, 0.5) is 8.78 Å². The lowest BCUT2D eigenvalue weighted by Crippen LogP contribution is -2.16. The van der Waals surface area contributed by atoms with Crippen LogP contribution in [-0.4, -0.2) is 18.1 Å². The quantitative estimate of drug-likeness (QED) is 0.636. The smallest absolute Gasteiger partial charge is 0.343 e. The number of para-hydroxylation sites is 1. The van der Waals surface area contributed by atoms with Crippen LogP contribution in [0.5, 0.6) is 11.6 Å². The number of nitrogens with zero attached hydrogens (tertiary/aromatic N) is 1. The van der Waals surface area contributed by atoms with Gasteiger partial charge in [0.05, 0.1) is 12.7 Å². The predicted molar refractivity (Wildman–Crippen MR) is 79.6 cm³/mol. The Kier molecular flexibility index (Phi) is 4.60. The van der Waals surface area contributed by atoms with Gasteiger partial charge in [0, 0.05) is 6.92 Å². The minimum Gasteiger partial charge on any atom is -0.465 e. The fourth-order valence-electron chi connectivity index (χ4n) is 1.88. The number of terminal acetylenes is 1. The van der Waals surface area contributed by atoms with E-state index < -0.39 is 17.6 Å². The van der Waals surface area contributed by atoms with Crippen LogP contribution in [0.15, 0.2) is 36.4 Å². The number of carbonyl (C=O) groups excluding carboxylic acids is 1. The van der Waals surface area contributed by atoms with E-state index in [-0.39, 0.29) is 17.0 Å². The summed E-state index contributed by atoms with van der Waals surface area (Å²) in [6, 6.07) is 9.46. The zero-order chi connectivity index (χ0) is 17.0. The lowest BCUT2D eigenvalue weighted by atomic mass is 10.1. The number of halogens is 2. The van der Waals surface area contributed by atoms with E-state index in [1.165, 1.54) is 0 Å². The van der Waals surface area contributed by atoms with Gasteiger partial charge in [0.1, 0.15) is 17.0 Å². The second kappa shape index (κ2) is 6.44. The van der Waals surface area contributed by atoms with E-state index >= 15 is 0 Å². The summed E-state index contributed by atoms with van der Waals surface area (Å²) in [6.07, 6.45) is 5.24. The van der Waals surface area contributed by atoms with Crippen molar-refractivity contribution in [3.63, 3.8) is 0 Å². The van der Waals surface area contributed by atoms with Crippen molar-refractivity contribution in [3.05, 3.63) is 53.2 Å². The Morgan fingerprint density at radius 3 is 2.48 bits per heavy atom. The fourth-order valence-corrected chi connectivity index (χ4v) is 1.88. The topological polar surface area (TPSA) is 48.4 Å². The molecule has 0 saturated heterocycles. The Morgan fingerprint density at radius 1 is 1.30 bits per heavy atom. The summed E-state index contributed by atoms with van der Waals surface area (Å²) in [7, 11) is 1.16. The molecule has 23 heavy (non-hydrogen) atoms. The number of pyridine rings is 1. The largest absolute Gasteiger partial charge is 0.465 e. The molecule has 0 spiro atoms. The van der Waals surface area contributed by atoms with Crippen LogP contribution in [0.3, 0.4) is 0 Å². The molecule has 0 aliphatic carbocycles. The van der Waals surface area contributed by atoms with Crippen molar-refractivity contribution < 1.29 is 23.0 Å². The maximum absolute atomic E-state index is 13.7. The molecule has 0 atom stereocenters. The van der Waals surface area contributed by atoms with Crippen molar-refractivity contribution in [1.29, 1.82) is 0 Å². The molecule has 4 nitrogen and oxygen atoms in total. The van der Waals surface area contributed by atoms with Gasteiger partial charge in [-0.2, -0.15) is 8.78 Å². The molecule has 6 heteroatoms. The third kappa shape index (κ3) is 3.64. The van der Waals surface area contributed by atoms with Gasteiger partial charge < -0.3 is 9.47 Å². The Morgan fingerprint density at radius 2 is 1.96 bits per heavy atom. The van der Waals surface area contributed by atoms with E-state index in [9.17, 15) is 13.6 Å². The summed E-state index contributed by atoms with van der Waals surface area (Å²) < 4.78 is 37.5. The highest BCUT2D eigenvalue weighted by molar-refractivity contribution is 5.92. The molecule has 0 aliphatic heterocycles. The normalized spacial score (nSPS) is 10.7. The highest BCUT2D eigenvalue weighted by atomic mass is 19.3. The van der Waals surface area contributed by atoms with Crippen molar-refractivity contribution in [2.75, 3.05) is 7.11 Å². The van der Waals surface area contributed by atoms with Crippen LogP contribution in [0, 0.1) is 12.3 Å². The number of hydrogen-bond donors (Lipinski definition) is 0. The van der Waals surface area contributed by atoms with Crippen LogP contribution < -0.4 is 4.74 Å². The third-order valence-electron chi connectivity index (χ3n) is 2.92. The van der Waals surface area contributed by atoms with Crippen LogP contribution in [-0.2, 0) is 10.7 Å². The Bertz CT molecular complexity index is 762. The number of benzene rings is 1. The SMILES string of the molecule is C#Cc1cc(C(=O)OC)c(Oc2ccccc2)nc1C(C)(F)F. The van der Waals surface area contributed by atoms with Gasteiger partial charge in [-0.1, -0.05) is 24.1 Å². The summed E-state index contributed by atoms with van der Waals surface area (Å²) in [6.45, 7) is 0.667. The van der Waals surface area contributed by atoms with Gasteiger partial charge in [0.25, 0.3) is 5.92 Å². The molecular weight excluding hydrogens is 304 g/mol. The lowest BCUT2D eigenvalue weighted by molar-refractivity contribution is 0.0119. The molecule has 0 unspecified atom stereocenters. The number of hydrogen-bond acceptors (Lipinski definition) is 4. The monoisotopic (exact) mass is 317 g/mol. The number of ether oxygens (including phenoxy) is 2. The number of esters is 1. The minimum atomic E-state index is -3.29. The second-order valence-electron chi connectivity index (χ2n) is 4.68. The maximum atomic E-state index is 13.7. The number of aromatic nitrogens is 1. The molecular formula is C17H13F2NO3. The van der Waals surface area contributed by atoms with Crippen molar-refractivity contribution in [3.8, 4) is 24.0 Å². The summed E-state index contributed by atoms with van der Waals surface area (Å²) in [4.78, 5) is 15.6. The summed E-state index contributed by atoms with van der Waals surface area (Å²) >= 11 is 0. The number of rotatable bonds is 4. The first-order valence-corrected chi connectivity index (χ1v) is 6.58. The zero-order valence-electron chi connectivity index (χ0n) is 12.5. The number of methoxy groups -OCH3 is 1. The van der Waals surface area contributed by atoms with Gasteiger partial charge in [-0.15, -0.1) is 6.42 Å². The van der Waals surface area contributed by atoms with Crippen molar-refractivity contribution in [1.82, 2.24) is 4.98 Å². The molecule has 1 aromatic heterocycles. The Balaban J connectivity index is 2.62. The molecule has 0 saturated carbocycles. The van der Waals surface area contributed by atoms with E-state index in [4.69, 9.17) is 11.2 Å². The molecule has 0 fully saturated rings. The molecule has 2 rings (SSSR count). The third-order valence-corrected chi connectivity index (χ3v) is 2.92. The van der Waals surface area contributed by atoms with Crippen LogP contribution in [0.2, 0.25) is 0 Å². The van der Waals surface area contributed by atoms with E-state index in [1.54, 1.807) is 30.3 Å². The predicted octanol–water partition coefficient (Wildman–Crippen LogP) is 3.75. The Labute approximate surface area is 132 Å². The average Bonchev–Trinajstić information content (AvgIpc) is 2.54. The fraction of sp³-hybridized carbons (Fsp3) is 0.176. The van der Waals surface area contributed by atoms with Crippen LogP contribution >= 0.6 is 0 Å². The van der Waals surface area contributed by atoms with Crippen LogP contribution in [0.1, 0.15) is 28.5 Å². The van der Waals surface area contributed by atoms with E-state index in [1.807, 2.05) is 0 Å². The Hall–Kier alpha value is -2.94. The molecule has 0 bridgehead atoms. The van der Waals surface area contributed by atoms with Gasteiger partial charge >= 0.3 is 5.97 Å². The van der Waals surface area contributed by atoms with Crippen LogP contribution in [0.25, 0.3) is 0 Å². The highest BCUT2D eigenvalue weighted by Gasteiger charge is 2.32. The highest BCUT2D eigenvalue weighted by Crippen LogP contribution is 2.33. The summed E-state index contributed by atoms with van der Waals surface area (Å²) in [5.41, 5.74) is -0.964. The first-order valence-electron chi connectivity index (χ1n) is 6.58. The summed E-state index contributed by atoms with van der Waals surface area (Å²) in [5.74, 6) is -1.92. The van der Waals surface area contributed by atoms with Gasteiger partial charge in [-0.25, -0.2) is 9.78 Å². The zero-order valence-corrected chi connectivity index (χ0v) is 12.5. The van der Waals surface area contributed by atoms with Gasteiger partial charge in [-0.3, -0.25) is 0 Å². The molecule has 1 heterocycles. The molecule has 0 amide bonds. The first-order chi connectivity index (χ1) is 10.9. The molecule has 0 N–H and O–H groups in total. The molecule has 0 radical (unpaired) electrons. The lowest BCUT2D eigenvalue weighted by Gasteiger charge is -2.16. The van der Waals surface area contributed by atoms with E-state index in [0.717, 1.165) is 13.2 Å². The first kappa shape index (κ1) is 16.4. The minimum absolute atomic E-state index is 0.127. The van der Waals surface area contributed by atoms with Crippen molar-refractivity contribution in [2.45, 2.75) is 12.8 Å². The standard InChI is InChI=1S/C17H13F2NO3/c1-4-11-10-13(16(21)22-3)15(20-14(11)17(2,18)19)23-12-8-6-5-7-9-12/h1,5-10H,2-3H3. The molecule has 0 aliphatic rings. The van der Waals surface area contributed by atoms with Gasteiger partial charge in [-0.05, 0) is 18.2 Å². The maximum Gasteiger partial charge on any atom is 0.343 e. The summed E-state index contributed by atoms with van der Waals surface area (Å²) in [5, 5.41) is 0. The number of alkyl halides is 2. The number of carbonyl (C=O) groups is 1.